The highest BCUT2D eigenvalue weighted by atomic mass is 32.2. The van der Waals surface area contributed by atoms with Crippen LogP contribution >= 0.6 is 11.8 Å². The third-order valence-electron chi connectivity index (χ3n) is 2.58. The van der Waals surface area contributed by atoms with E-state index in [1.807, 2.05) is 0 Å². The maximum atomic E-state index is 13.1. The molecule has 0 aliphatic carbocycles. The average Bonchev–Trinajstić information content (AvgIpc) is 2.71. The zero-order valence-electron chi connectivity index (χ0n) is 11.1. The van der Waals surface area contributed by atoms with Crippen molar-refractivity contribution in [1.29, 1.82) is 0 Å². The molecule has 21 heavy (non-hydrogen) atoms. The Labute approximate surface area is 123 Å². The van der Waals surface area contributed by atoms with Crippen LogP contribution in [0, 0.1) is 11.6 Å². The SMILES string of the molecule is COC(=O)/C=C1\SC(=Nc2ccc(F)c(F)c2)N(C)C1=O. The van der Waals surface area contributed by atoms with Gasteiger partial charge in [-0.2, -0.15) is 0 Å². The van der Waals surface area contributed by atoms with E-state index in [1.54, 1.807) is 0 Å². The van der Waals surface area contributed by atoms with Crippen LogP contribution < -0.4 is 0 Å². The number of amidine groups is 1. The van der Waals surface area contributed by atoms with Crippen molar-refractivity contribution < 1.29 is 23.1 Å². The Morgan fingerprint density at radius 2 is 2.10 bits per heavy atom. The first-order valence-corrected chi connectivity index (χ1v) is 6.53. The number of benzene rings is 1. The molecule has 1 aliphatic rings. The lowest BCUT2D eigenvalue weighted by Gasteiger charge is -2.07. The molecule has 1 fully saturated rings. The summed E-state index contributed by atoms with van der Waals surface area (Å²) in [5, 5.41) is 0.251. The van der Waals surface area contributed by atoms with Crippen molar-refractivity contribution in [3.05, 3.63) is 40.8 Å². The molecule has 0 aromatic heterocycles. The van der Waals surface area contributed by atoms with Gasteiger partial charge in [0.1, 0.15) is 0 Å². The molecule has 1 amide bonds. The number of halogens is 2. The summed E-state index contributed by atoms with van der Waals surface area (Å²) in [6.45, 7) is 0. The topological polar surface area (TPSA) is 59.0 Å². The highest BCUT2D eigenvalue weighted by Crippen LogP contribution is 2.31. The van der Waals surface area contributed by atoms with Gasteiger partial charge in [-0.25, -0.2) is 18.6 Å². The Balaban J connectivity index is 2.30. The number of hydrogen-bond donors (Lipinski definition) is 0. The first kappa shape index (κ1) is 15.2. The Morgan fingerprint density at radius 3 is 2.71 bits per heavy atom. The fourth-order valence-electron chi connectivity index (χ4n) is 1.48. The maximum Gasteiger partial charge on any atom is 0.331 e. The van der Waals surface area contributed by atoms with Crippen molar-refractivity contribution in [3.63, 3.8) is 0 Å². The minimum absolute atomic E-state index is 0.144. The van der Waals surface area contributed by atoms with Gasteiger partial charge < -0.3 is 4.74 Å². The van der Waals surface area contributed by atoms with Crippen LogP contribution in [-0.4, -0.2) is 36.1 Å². The van der Waals surface area contributed by atoms with Crippen LogP contribution in [0.1, 0.15) is 0 Å². The Hall–Kier alpha value is -2.22. The van der Waals surface area contributed by atoms with E-state index in [9.17, 15) is 18.4 Å². The summed E-state index contributed by atoms with van der Waals surface area (Å²) in [5.74, 6) is -3.09. The first-order valence-electron chi connectivity index (χ1n) is 5.71. The van der Waals surface area contributed by atoms with Crippen LogP contribution in [-0.2, 0) is 14.3 Å². The number of amides is 1. The fraction of sp³-hybridized carbons (Fsp3) is 0.154. The molecule has 1 saturated heterocycles. The summed E-state index contributed by atoms with van der Waals surface area (Å²) in [4.78, 5) is 28.5. The summed E-state index contributed by atoms with van der Waals surface area (Å²) >= 11 is 0.946. The van der Waals surface area contributed by atoms with Crippen LogP contribution in [0.2, 0.25) is 0 Å². The molecule has 0 bridgehead atoms. The van der Waals surface area contributed by atoms with E-state index in [0.29, 0.717) is 0 Å². The van der Waals surface area contributed by atoms with Crippen LogP contribution in [0.15, 0.2) is 34.2 Å². The summed E-state index contributed by atoms with van der Waals surface area (Å²) in [7, 11) is 2.66. The molecule has 2 rings (SSSR count). The molecule has 0 N–H and O–H groups in total. The quantitative estimate of drug-likeness (QED) is 0.620. The number of hydrogen-bond acceptors (Lipinski definition) is 5. The molecule has 1 heterocycles. The second kappa shape index (κ2) is 6.04. The lowest BCUT2D eigenvalue weighted by molar-refractivity contribution is -0.135. The Bertz CT molecular complexity index is 673. The van der Waals surface area contributed by atoms with Gasteiger partial charge >= 0.3 is 5.97 Å². The summed E-state index contributed by atoms with van der Waals surface area (Å²) in [6.07, 6.45) is 1.05. The molecule has 110 valence electrons. The molecule has 0 spiro atoms. The van der Waals surface area contributed by atoms with E-state index >= 15 is 0 Å². The van der Waals surface area contributed by atoms with Crippen molar-refractivity contribution >= 4 is 34.5 Å². The Kier molecular flexibility index (Phi) is 4.37. The number of esters is 1. The molecule has 1 aromatic carbocycles. The third kappa shape index (κ3) is 3.27. The van der Waals surface area contributed by atoms with Crippen molar-refractivity contribution in [2.75, 3.05) is 14.2 Å². The van der Waals surface area contributed by atoms with Gasteiger partial charge in [-0.15, -0.1) is 0 Å². The molecule has 1 aliphatic heterocycles. The molecule has 0 atom stereocenters. The number of likely N-dealkylation sites (N-methyl/N-ethyl adjacent to an activating group) is 1. The molecule has 8 heteroatoms. The largest absolute Gasteiger partial charge is 0.466 e. The summed E-state index contributed by atoms with van der Waals surface area (Å²) in [5.41, 5.74) is 0.162. The van der Waals surface area contributed by atoms with Crippen LogP contribution in [0.3, 0.4) is 0 Å². The van der Waals surface area contributed by atoms with Gasteiger partial charge in [-0.3, -0.25) is 9.69 Å². The first-order chi connectivity index (χ1) is 9.92. The van der Waals surface area contributed by atoms with Crippen molar-refractivity contribution in [3.8, 4) is 0 Å². The minimum Gasteiger partial charge on any atom is -0.466 e. The number of methoxy groups -OCH3 is 1. The standard InChI is InChI=1S/C13H10F2N2O3S/c1-17-12(19)10(6-11(18)20-2)21-13(17)16-7-3-4-8(14)9(15)5-7/h3-6H,1-2H3/b10-6-,16-13?. The van der Waals surface area contributed by atoms with Crippen LogP contribution in [0.25, 0.3) is 0 Å². The predicted molar refractivity (Wildman–Crippen MR) is 73.9 cm³/mol. The van der Waals surface area contributed by atoms with Crippen LogP contribution in [0.4, 0.5) is 14.5 Å². The molecular formula is C13H10F2N2O3S. The molecule has 0 unspecified atom stereocenters. The number of rotatable bonds is 2. The molecule has 0 radical (unpaired) electrons. The van der Waals surface area contributed by atoms with E-state index in [2.05, 4.69) is 9.73 Å². The van der Waals surface area contributed by atoms with Crippen molar-refractivity contribution in [2.24, 2.45) is 4.99 Å². The average molecular weight is 312 g/mol. The third-order valence-corrected chi connectivity index (χ3v) is 3.64. The molecular weight excluding hydrogens is 302 g/mol. The second-order valence-electron chi connectivity index (χ2n) is 3.99. The highest BCUT2D eigenvalue weighted by molar-refractivity contribution is 8.18. The lowest BCUT2D eigenvalue weighted by Crippen LogP contribution is -2.23. The highest BCUT2D eigenvalue weighted by Gasteiger charge is 2.31. The van der Waals surface area contributed by atoms with E-state index in [1.165, 1.54) is 25.1 Å². The molecule has 5 nitrogen and oxygen atoms in total. The second-order valence-corrected chi connectivity index (χ2v) is 5.00. The Morgan fingerprint density at radius 1 is 1.38 bits per heavy atom. The zero-order valence-corrected chi connectivity index (χ0v) is 11.9. The van der Waals surface area contributed by atoms with E-state index in [-0.39, 0.29) is 15.8 Å². The normalized spacial score (nSPS) is 18.7. The number of aliphatic imine (C=N–C) groups is 1. The smallest absolute Gasteiger partial charge is 0.331 e. The van der Waals surface area contributed by atoms with Gasteiger partial charge in [0.05, 0.1) is 17.7 Å². The number of carbonyl (C=O) groups is 2. The van der Waals surface area contributed by atoms with Gasteiger partial charge in [0.15, 0.2) is 16.8 Å². The van der Waals surface area contributed by atoms with Gasteiger partial charge in [0.2, 0.25) is 0 Å². The minimum atomic E-state index is -1.03. The number of nitrogens with zero attached hydrogens (tertiary/aromatic N) is 2. The zero-order chi connectivity index (χ0) is 15.6. The predicted octanol–water partition coefficient (Wildman–Crippen LogP) is 2.21. The number of carbonyl (C=O) groups excluding carboxylic acids is 2. The summed E-state index contributed by atoms with van der Waals surface area (Å²) in [6, 6.07) is 3.15. The van der Waals surface area contributed by atoms with Crippen molar-refractivity contribution in [1.82, 2.24) is 4.90 Å². The molecule has 1 aromatic rings. The van der Waals surface area contributed by atoms with E-state index in [4.69, 9.17) is 0 Å². The van der Waals surface area contributed by atoms with E-state index in [0.717, 1.165) is 30.0 Å². The number of thioether (sulfide) groups is 1. The van der Waals surface area contributed by atoms with Crippen molar-refractivity contribution in [2.45, 2.75) is 0 Å². The van der Waals surface area contributed by atoms with Gasteiger partial charge in [0.25, 0.3) is 5.91 Å². The molecule has 0 saturated carbocycles. The van der Waals surface area contributed by atoms with Gasteiger partial charge in [-0.1, -0.05) is 0 Å². The monoisotopic (exact) mass is 312 g/mol. The number of ether oxygens (including phenoxy) is 1. The lowest BCUT2D eigenvalue weighted by atomic mass is 10.3. The maximum absolute atomic E-state index is 13.1. The summed E-state index contributed by atoms with van der Waals surface area (Å²) < 4.78 is 30.4. The fourth-order valence-corrected chi connectivity index (χ4v) is 2.43. The van der Waals surface area contributed by atoms with Gasteiger partial charge in [-0.05, 0) is 23.9 Å². The van der Waals surface area contributed by atoms with E-state index < -0.39 is 23.5 Å². The van der Waals surface area contributed by atoms with Gasteiger partial charge in [0, 0.05) is 19.2 Å². The van der Waals surface area contributed by atoms with Crippen LogP contribution in [0.5, 0.6) is 0 Å².